The maximum atomic E-state index is 6.04. The summed E-state index contributed by atoms with van der Waals surface area (Å²) < 4.78 is 0. The Hall–Kier alpha value is -0.280. The summed E-state index contributed by atoms with van der Waals surface area (Å²) in [6.45, 7) is 6.44. The van der Waals surface area contributed by atoms with E-state index in [9.17, 15) is 0 Å². The molecule has 0 aromatic heterocycles. The van der Waals surface area contributed by atoms with Gasteiger partial charge < -0.3 is 5.32 Å². The highest BCUT2D eigenvalue weighted by Crippen LogP contribution is 2.24. The van der Waals surface area contributed by atoms with Crippen molar-refractivity contribution in [1.82, 2.24) is 10.2 Å². The van der Waals surface area contributed by atoms with Crippen LogP contribution >= 0.6 is 23.2 Å². The minimum absolute atomic E-state index is 0.623. The van der Waals surface area contributed by atoms with Crippen LogP contribution in [0.2, 0.25) is 10.0 Å². The molecule has 2 rings (SSSR count). The molecule has 0 bridgehead atoms. The van der Waals surface area contributed by atoms with Gasteiger partial charge in [0.05, 0.1) is 10.0 Å². The van der Waals surface area contributed by atoms with E-state index in [1.165, 1.54) is 12.0 Å². The fourth-order valence-electron chi connectivity index (χ4n) is 2.29. The highest BCUT2D eigenvalue weighted by molar-refractivity contribution is 6.42. The number of halogens is 2. The van der Waals surface area contributed by atoms with Crippen molar-refractivity contribution < 1.29 is 0 Å². The molecular formula is C13H18Cl2N2. The van der Waals surface area contributed by atoms with E-state index >= 15 is 0 Å². The zero-order valence-corrected chi connectivity index (χ0v) is 11.6. The van der Waals surface area contributed by atoms with Gasteiger partial charge in [-0.25, -0.2) is 0 Å². The molecule has 94 valence electrons. The second-order valence-electron chi connectivity index (χ2n) is 4.49. The van der Waals surface area contributed by atoms with E-state index in [0.717, 1.165) is 26.2 Å². The van der Waals surface area contributed by atoms with Crippen LogP contribution in [0.3, 0.4) is 0 Å². The Morgan fingerprint density at radius 1 is 1.35 bits per heavy atom. The molecule has 1 aromatic carbocycles. The molecule has 0 amide bonds. The smallest absolute Gasteiger partial charge is 0.0595 e. The molecule has 0 saturated carbocycles. The van der Waals surface area contributed by atoms with Crippen molar-refractivity contribution in [2.24, 2.45) is 0 Å². The van der Waals surface area contributed by atoms with Crippen LogP contribution < -0.4 is 5.32 Å². The monoisotopic (exact) mass is 272 g/mol. The van der Waals surface area contributed by atoms with Gasteiger partial charge in [0.15, 0.2) is 0 Å². The van der Waals surface area contributed by atoms with Crippen LogP contribution in [0, 0.1) is 0 Å². The number of piperazine rings is 1. The molecule has 1 heterocycles. The number of benzene rings is 1. The van der Waals surface area contributed by atoms with Gasteiger partial charge in [-0.2, -0.15) is 0 Å². The Labute approximate surface area is 113 Å². The molecule has 1 aliphatic heterocycles. The maximum absolute atomic E-state index is 6.04. The van der Waals surface area contributed by atoms with Crippen LogP contribution in [0.5, 0.6) is 0 Å². The summed E-state index contributed by atoms with van der Waals surface area (Å²) in [5.74, 6) is 0. The van der Waals surface area contributed by atoms with Crippen LogP contribution in [-0.4, -0.2) is 30.6 Å². The highest BCUT2D eigenvalue weighted by atomic mass is 35.5. The van der Waals surface area contributed by atoms with Crippen LogP contribution in [0.1, 0.15) is 18.9 Å². The Kier molecular flexibility index (Phi) is 4.69. The van der Waals surface area contributed by atoms with E-state index in [-0.39, 0.29) is 0 Å². The van der Waals surface area contributed by atoms with Gasteiger partial charge in [0.25, 0.3) is 0 Å². The number of rotatable bonds is 3. The molecule has 1 saturated heterocycles. The minimum Gasteiger partial charge on any atom is -0.314 e. The summed E-state index contributed by atoms with van der Waals surface area (Å²) in [6.07, 6.45) is 1.17. The first-order chi connectivity index (χ1) is 8.20. The molecule has 1 atom stereocenters. The van der Waals surface area contributed by atoms with Gasteiger partial charge in [-0.15, -0.1) is 0 Å². The van der Waals surface area contributed by atoms with Crippen LogP contribution in [0.15, 0.2) is 18.2 Å². The lowest BCUT2D eigenvalue weighted by Gasteiger charge is -2.35. The van der Waals surface area contributed by atoms with Crippen LogP contribution in [0.4, 0.5) is 0 Å². The molecule has 1 unspecified atom stereocenters. The topological polar surface area (TPSA) is 15.3 Å². The minimum atomic E-state index is 0.623. The zero-order valence-electron chi connectivity index (χ0n) is 10.0. The lowest BCUT2D eigenvalue weighted by atomic mass is 10.1. The number of nitrogens with zero attached hydrogens (tertiary/aromatic N) is 1. The quantitative estimate of drug-likeness (QED) is 0.910. The third-order valence-electron chi connectivity index (χ3n) is 3.31. The average Bonchev–Trinajstić information content (AvgIpc) is 2.34. The third kappa shape index (κ3) is 3.35. The van der Waals surface area contributed by atoms with Gasteiger partial charge in [-0.3, -0.25) is 4.90 Å². The lowest BCUT2D eigenvalue weighted by Crippen LogP contribution is -2.50. The van der Waals surface area contributed by atoms with Crippen molar-refractivity contribution in [2.75, 3.05) is 19.6 Å². The van der Waals surface area contributed by atoms with E-state index in [1.807, 2.05) is 12.1 Å². The van der Waals surface area contributed by atoms with Gasteiger partial charge >= 0.3 is 0 Å². The van der Waals surface area contributed by atoms with Crippen molar-refractivity contribution in [3.63, 3.8) is 0 Å². The average molecular weight is 273 g/mol. The zero-order chi connectivity index (χ0) is 12.3. The molecule has 4 heteroatoms. The molecule has 17 heavy (non-hydrogen) atoms. The fraction of sp³-hybridized carbons (Fsp3) is 0.538. The molecule has 1 aromatic rings. The largest absolute Gasteiger partial charge is 0.314 e. The Balaban J connectivity index is 2.05. The van der Waals surface area contributed by atoms with Crippen molar-refractivity contribution in [3.8, 4) is 0 Å². The van der Waals surface area contributed by atoms with Crippen LogP contribution in [-0.2, 0) is 6.54 Å². The summed E-state index contributed by atoms with van der Waals surface area (Å²) in [6, 6.07) is 6.53. The van der Waals surface area contributed by atoms with Crippen molar-refractivity contribution in [3.05, 3.63) is 33.8 Å². The van der Waals surface area contributed by atoms with E-state index in [1.54, 1.807) is 0 Å². The fourth-order valence-corrected chi connectivity index (χ4v) is 2.61. The van der Waals surface area contributed by atoms with Gasteiger partial charge in [0.2, 0.25) is 0 Å². The van der Waals surface area contributed by atoms with Crippen molar-refractivity contribution in [1.29, 1.82) is 0 Å². The van der Waals surface area contributed by atoms with E-state index < -0.39 is 0 Å². The molecule has 2 nitrogen and oxygen atoms in total. The summed E-state index contributed by atoms with van der Waals surface area (Å²) in [4.78, 5) is 2.51. The predicted molar refractivity (Wildman–Crippen MR) is 73.8 cm³/mol. The van der Waals surface area contributed by atoms with Gasteiger partial charge in [0, 0.05) is 32.2 Å². The van der Waals surface area contributed by atoms with Gasteiger partial charge in [0.1, 0.15) is 0 Å². The van der Waals surface area contributed by atoms with E-state index in [2.05, 4.69) is 23.2 Å². The van der Waals surface area contributed by atoms with Crippen molar-refractivity contribution in [2.45, 2.75) is 25.9 Å². The molecule has 1 N–H and O–H groups in total. The van der Waals surface area contributed by atoms with Crippen molar-refractivity contribution >= 4 is 23.2 Å². The lowest BCUT2D eigenvalue weighted by molar-refractivity contribution is 0.149. The summed E-state index contributed by atoms with van der Waals surface area (Å²) in [7, 11) is 0. The van der Waals surface area contributed by atoms with E-state index in [0.29, 0.717) is 16.1 Å². The second kappa shape index (κ2) is 6.05. The van der Waals surface area contributed by atoms with Crippen LogP contribution in [0.25, 0.3) is 0 Å². The molecule has 1 aliphatic rings. The summed E-state index contributed by atoms with van der Waals surface area (Å²) >= 11 is 12.0. The first kappa shape index (κ1) is 13.2. The Bertz CT molecular complexity index is 382. The van der Waals surface area contributed by atoms with Gasteiger partial charge in [-0.05, 0) is 24.1 Å². The Morgan fingerprint density at radius 2 is 2.18 bits per heavy atom. The first-order valence-electron chi connectivity index (χ1n) is 6.09. The predicted octanol–water partition coefficient (Wildman–Crippen LogP) is 3.18. The second-order valence-corrected chi connectivity index (χ2v) is 5.30. The Morgan fingerprint density at radius 3 is 2.88 bits per heavy atom. The maximum Gasteiger partial charge on any atom is 0.0595 e. The molecule has 0 spiro atoms. The SMILES string of the molecule is CCC1CNCCN1Cc1ccc(Cl)c(Cl)c1. The first-order valence-corrected chi connectivity index (χ1v) is 6.85. The molecule has 1 fully saturated rings. The highest BCUT2D eigenvalue weighted by Gasteiger charge is 2.20. The molecule has 0 radical (unpaired) electrons. The summed E-state index contributed by atoms with van der Waals surface area (Å²) in [5.41, 5.74) is 1.24. The molecule has 0 aliphatic carbocycles. The summed E-state index contributed by atoms with van der Waals surface area (Å²) in [5, 5.41) is 4.71. The standard InChI is InChI=1S/C13H18Cl2N2/c1-2-11-8-16-5-6-17(11)9-10-3-4-12(14)13(15)7-10/h3-4,7,11,16H,2,5-6,8-9H2,1H3. The third-order valence-corrected chi connectivity index (χ3v) is 4.05. The number of nitrogens with one attached hydrogen (secondary N) is 1. The normalized spacial score (nSPS) is 21.7. The van der Waals surface area contributed by atoms with E-state index in [4.69, 9.17) is 23.2 Å². The molecular weight excluding hydrogens is 255 g/mol. The number of hydrogen-bond donors (Lipinski definition) is 1. The number of hydrogen-bond acceptors (Lipinski definition) is 2. The van der Waals surface area contributed by atoms with Gasteiger partial charge in [-0.1, -0.05) is 36.2 Å².